The van der Waals surface area contributed by atoms with E-state index in [0.29, 0.717) is 17.1 Å². The van der Waals surface area contributed by atoms with Crippen molar-refractivity contribution in [1.29, 1.82) is 0 Å². The van der Waals surface area contributed by atoms with E-state index in [1.165, 1.54) is 12.8 Å². The number of carbonyl (C=O) groups excluding carboxylic acids is 1. The van der Waals surface area contributed by atoms with Crippen molar-refractivity contribution < 1.29 is 4.79 Å². The standard InChI is InChI=1S/C14H24O/c1-4-9-14(2,3)10-5-6-12-7-8-13(15)11-12/h5-6,12H,4,7-11H2,1-3H3/b6-5+. The first kappa shape index (κ1) is 12.5. The fourth-order valence-corrected chi connectivity index (χ4v) is 2.37. The van der Waals surface area contributed by atoms with Gasteiger partial charge in [-0.2, -0.15) is 0 Å². The van der Waals surface area contributed by atoms with Crippen LogP contribution >= 0.6 is 0 Å². The molecule has 1 aliphatic rings. The molecule has 0 aromatic carbocycles. The molecule has 1 nitrogen and oxygen atoms in total. The third-order valence-corrected chi connectivity index (χ3v) is 3.29. The second-order valence-corrected chi connectivity index (χ2v) is 5.59. The van der Waals surface area contributed by atoms with Gasteiger partial charge in [0.2, 0.25) is 0 Å². The Morgan fingerprint density at radius 1 is 1.47 bits per heavy atom. The second-order valence-electron chi connectivity index (χ2n) is 5.59. The van der Waals surface area contributed by atoms with Crippen LogP contribution in [0.2, 0.25) is 0 Å². The van der Waals surface area contributed by atoms with Gasteiger partial charge in [-0.05, 0) is 30.6 Å². The van der Waals surface area contributed by atoms with Gasteiger partial charge in [-0.15, -0.1) is 0 Å². The van der Waals surface area contributed by atoms with Gasteiger partial charge < -0.3 is 0 Å². The maximum absolute atomic E-state index is 11.1. The van der Waals surface area contributed by atoms with Gasteiger partial charge in [0.05, 0.1) is 0 Å². The summed E-state index contributed by atoms with van der Waals surface area (Å²) in [7, 11) is 0. The number of ketones is 1. The normalized spacial score (nSPS) is 22.9. The molecule has 0 aromatic heterocycles. The molecule has 1 atom stereocenters. The SMILES string of the molecule is CCCC(C)(C)C/C=C/C1CCC(=O)C1. The van der Waals surface area contributed by atoms with Crippen molar-refractivity contribution in [2.45, 2.75) is 59.3 Å². The van der Waals surface area contributed by atoms with Crippen LogP contribution in [0.25, 0.3) is 0 Å². The van der Waals surface area contributed by atoms with Crippen molar-refractivity contribution in [3.8, 4) is 0 Å². The van der Waals surface area contributed by atoms with Gasteiger partial charge in [-0.25, -0.2) is 0 Å². The molecular weight excluding hydrogens is 184 g/mol. The van der Waals surface area contributed by atoms with Gasteiger partial charge in [0.1, 0.15) is 5.78 Å². The van der Waals surface area contributed by atoms with Crippen molar-refractivity contribution >= 4 is 5.78 Å². The molecule has 0 heterocycles. The zero-order valence-electron chi connectivity index (χ0n) is 10.4. The zero-order chi connectivity index (χ0) is 11.3. The second kappa shape index (κ2) is 5.48. The summed E-state index contributed by atoms with van der Waals surface area (Å²) in [6.45, 7) is 6.88. The first-order valence-electron chi connectivity index (χ1n) is 6.22. The average molecular weight is 208 g/mol. The fraction of sp³-hybridized carbons (Fsp3) is 0.786. The molecule has 1 rings (SSSR count). The lowest BCUT2D eigenvalue weighted by molar-refractivity contribution is -0.117. The molecule has 0 saturated heterocycles. The van der Waals surface area contributed by atoms with Gasteiger partial charge in [0.15, 0.2) is 0 Å². The number of carbonyl (C=O) groups is 1. The van der Waals surface area contributed by atoms with Crippen LogP contribution in [0, 0.1) is 11.3 Å². The number of Topliss-reactive ketones (excluding diaryl/α,β-unsaturated/α-hetero) is 1. The van der Waals surface area contributed by atoms with Crippen LogP contribution in [0.3, 0.4) is 0 Å². The summed E-state index contributed by atoms with van der Waals surface area (Å²) in [6.07, 6.45) is 10.9. The molecule has 0 aromatic rings. The Morgan fingerprint density at radius 3 is 2.73 bits per heavy atom. The van der Waals surface area contributed by atoms with E-state index < -0.39 is 0 Å². The Labute approximate surface area is 93.9 Å². The number of hydrogen-bond acceptors (Lipinski definition) is 1. The van der Waals surface area contributed by atoms with E-state index in [1.807, 2.05) is 0 Å². The van der Waals surface area contributed by atoms with Gasteiger partial charge in [-0.3, -0.25) is 4.79 Å². The Bertz CT molecular complexity index is 238. The summed E-state index contributed by atoms with van der Waals surface area (Å²) < 4.78 is 0. The van der Waals surface area contributed by atoms with Crippen molar-refractivity contribution in [3.63, 3.8) is 0 Å². The summed E-state index contributed by atoms with van der Waals surface area (Å²) in [5.74, 6) is 0.979. The third-order valence-electron chi connectivity index (χ3n) is 3.29. The minimum Gasteiger partial charge on any atom is -0.300 e. The van der Waals surface area contributed by atoms with E-state index >= 15 is 0 Å². The van der Waals surface area contributed by atoms with Crippen molar-refractivity contribution in [3.05, 3.63) is 12.2 Å². The summed E-state index contributed by atoms with van der Waals surface area (Å²) in [6, 6.07) is 0. The lowest BCUT2D eigenvalue weighted by atomic mass is 9.84. The van der Waals surface area contributed by atoms with E-state index in [1.54, 1.807) is 0 Å². The van der Waals surface area contributed by atoms with Crippen LogP contribution in [0.4, 0.5) is 0 Å². The minimum atomic E-state index is 0.424. The first-order chi connectivity index (χ1) is 7.03. The highest BCUT2D eigenvalue weighted by molar-refractivity contribution is 5.80. The number of rotatable bonds is 5. The highest BCUT2D eigenvalue weighted by Gasteiger charge is 2.20. The molecule has 1 unspecified atom stereocenters. The summed E-state index contributed by atoms with van der Waals surface area (Å²) in [4.78, 5) is 11.1. The summed E-state index contributed by atoms with van der Waals surface area (Å²) in [5.41, 5.74) is 0.424. The quantitative estimate of drug-likeness (QED) is 0.621. The zero-order valence-corrected chi connectivity index (χ0v) is 10.4. The van der Waals surface area contributed by atoms with E-state index in [0.717, 1.165) is 25.7 Å². The van der Waals surface area contributed by atoms with E-state index in [-0.39, 0.29) is 0 Å². The lowest BCUT2D eigenvalue weighted by Crippen LogP contribution is -2.09. The molecule has 0 amide bonds. The molecule has 1 fully saturated rings. The van der Waals surface area contributed by atoms with E-state index in [2.05, 4.69) is 32.9 Å². The first-order valence-corrected chi connectivity index (χ1v) is 6.22. The molecule has 0 radical (unpaired) electrons. The molecule has 0 aliphatic heterocycles. The van der Waals surface area contributed by atoms with Gasteiger partial charge in [0.25, 0.3) is 0 Å². The van der Waals surface area contributed by atoms with Crippen LogP contribution in [-0.4, -0.2) is 5.78 Å². The third kappa shape index (κ3) is 4.63. The lowest BCUT2D eigenvalue weighted by Gasteiger charge is -2.21. The van der Waals surface area contributed by atoms with Crippen LogP contribution in [0.5, 0.6) is 0 Å². The number of allylic oxidation sites excluding steroid dienone is 2. The molecular formula is C14H24O. The molecule has 1 heteroatoms. The van der Waals surface area contributed by atoms with Gasteiger partial charge in [-0.1, -0.05) is 39.3 Å². The van der Waals surface area contributed by atoms with Gasteiger partial charge in [0, 0.05) is 12.8 Å². The predicted octanol–water partition coefficient (Wildman–Crippen LogP) is 4.13. The molecule has 1 saturated carbocycles. The van der Waals surface area contributed by atoms with Crippen molar-refractivity contribution in [2.75, 3.05) is 0 Å². The fourth-order valence-electron chi connectivity index (χ4n) is 2.37. The largest absolute Gasteiger partial charge is 0.300 e. The topological polar surface area (TPSA) is 17.1 Å². The highest BCUT2D eigenvalue weighted by Crippen LogP contribution is 2.28. The molecule has 0 spiro atoms. The maximum Gasteiger partial charge on any atom is 0.133 e. The Hall–Kier alpha value is -0.590. The van der Waals surface area contributed by atoms with Crippen molar-refractivity contribution in [1.82, 2.24) is 0 Å². The molecule has 1 aliphatic carbocycles. The molecule has 0 bridgehead atoms. The molecule has 86 valence electrons. The highest BCUT2D eigenvalue weighted by atomic mass is 16.1. The Kier molecular flexibility index (Phi) is 4.56. The van der Waals surface area contributed by atoms with Crippen LogP contribution in [0.1, 0.15) is 59.3 Å². The Morgan fingerprint density at radius 2 is 2.20 bits per heavy atom. The Balaban J connectivity index is 2.29. The smallest absolute Gasteiger partial charge is 0.133 e. The van der Waals surface area contributed by atoms with Crippen LogP contribution in [-0.2, 0) is 4.79 Å². The summed E-state index contributed by atoms with van der Waals surface area (Å²) in [5, 5.41) is 0. The molecule has 0 N–H and O–H groups in total. The van der Waals surface area contributed by atoms with Crippen LogP contribution in [0.15, 0.2) is 12.2 Å². The molecule has 15 heavy (non-hydrogen) atoms. The van der Waals surface area contributed by atoms with Crippen LogP contribution < -0.4 is 0 Å². The van der Waals surface area contributed by atoms with Gasteiger partial charge >= 0.3 is 0 Å². The monoisotopic (exact) mass is 208 g/mol. The predicted molar refractivity (Wildman–Crippen MR) is 64.8 cm³/mol. The average Bonchev–Trinajstić information content (AvgIpc) is 2.51. The van der Waals surface area contributed by atoms with E-state index in [9.17, 15) is 4.79 Å². The van der Waals surface area contributed by atoms with E-state index in [4.69, 9.17) is 0 Å². The summed E-state index contributed by atoms with van der Waals surface area (Å²) >= 11 is 0. The number of hydrogen-bond donors (Lipinski definition) is 0. The maximum atomic E-state index is 11.1. The minimum absolute atomic E-state index is 0.424. The van der Waals surface area contributed by atoms with Crippen molar-refractivity contribution in [2.24, 2.45) is 11.3 Å².